The summed E-state index contributed by atoms with van der Waals surface area (Å²) >= 11 is 5.86. The summed E-state index contributed by atoms with van der Waals surface area (Å²) in [5, 5.41) is 20.9. The van der Waals surface area contributed by atoms with Crippen molar-refractivity contribution in [2.45, 2.75) is 38.5 Å². The minimum absolute atomic E-state index is 0.0142. The molecule has 1 atom stereocenters. The number of nitrogens with zero attached hydrogens (tertiary/aromatic N) is 1. The van der Waals surface area contributed by atoms with Gasteiger partial charge in [0.1, 0.15) is 11.5 Å². The number of benzene rings is 1. The van der Waals surface area contributed by atoms with Crippen LogP contribution in [0.5, 0.6) is 0 Å². The largest absolute Gasteiger partial charge is 0.394 e. The van der Waals surface area contributed by atoms with Gasteiger partial charge in [0, 0.05) is 26.7 Å². The quantitative estimate of drug-likeness (QED) is 0.368. The van der Waals surface area contributed by atoms with Gasteiger partial charge in [0.05, 0.1) is 35.5 Å². The highest BCUT2D eigenvalue weighted by Crippen LogP contribution is 2.26. The number of carbonyl (C=O) groups is 2. The zero-order valence-electron chi connectivity index (χ0n) is 18.7. The maximum absolute atomic E-state index is 13.5. The average Bonchev–Trinajstić information content (AvgIpc) is 2.82. The van der Waals surface area contributed by atoms with Crippen molar-refractivity contribution in [3.63, 3.8) is 0 Å². The maximum Gasteiger partial charge on any atom is 0.268 e. The second kappa shape index (κ2) is 11.6. The molecule has 34 heavy (non-hydrogen) atoms. The molecule has 0 saturated heterocycles. The fraction of sp³-hybridized carbons (Fsp3) is 0.435. The number of nitrogens with one attached hydrogen (secondary N) is 2. The third-order valence-corrected chi connectivity index (χ3v) is 5.92. The Morgan fingerprint density at radius 3 is 2.82 bits per heavy atom. The summed E-state index contributed by atoms with van der Waals surface area (Å²) in [6, 6.07) is 4.20. The molecule has 1 aromatic heterocycles. The van der Waals surface area contributed by atoms with Gasteiger partial charge in [0.2, 0.25) is 0 Å². The van der Waals surface area contributed by atoms with Gasteiger partial charge in [-0.25, -0.2) is 4.39 Å². The molecule has 0 fully saturated rings. The van der Waals surface area contributed by atoms with Gasteiger partial charge < -0.3 is 30.2 Å². The van der Waals surface area contributed by atoms with E-state index in [1.165, 1.54) is 30.2 Å². The van der Waals surface area contributed by atoms with E-state index < -0.39 is 29.3 Å². The van der Waals surface area contributed by atoms with E-state index in [0.717, 1.165) is 0 Å². The molecule has 1 aliphatic heterocycles. The molecule has 9 nitrogen and oxygen atoms in total. The van der Waals surface area contributed by atoms with Crippen LogP contribution < -0.4 is 10.9 Å². The summed E-state index contributed by atoms with van der Waals surface area (Å²) in [6.07, 6.45) is 0.181. The zero-order chi connectivity index (χ0) is 24.8. The molecule has 3 rings (SSSR count). The van der Waals surface area contributed by atoms with E-state index in [9.17, 15) is 23.9 Å². The summed E-state index contributed by atoms with van der Waals surface area (Å²) in [5.41, 5.74) is 0.738. The Hall–Kier alpha value is -2.79. The van der Waals surface area contributed by atoms with Crippen LogP contribution in [0.1, 0.15) is 50.4 Å². The molecule has 0 saturated carbocycles. The van der Waals surface area contributed by atoms with Gasteiger partial charge in [-0.1, -0.05) is 17.7 Å². The molecule has 1 aromatic carbocycles. The number of aliphatic hydroxyl groups is 2. The number of hydrogen-bond acceptors (Lipinski definition) is 6. The summed E-state index contributed by atoms with van der Waals surface area (Å²) in [7, 11) is 1.40. The number of hydrogen-bond donors (Lipinski definition) is 4. The molecule has 2 amide bonds. The van der Waals surface area contributed by atoms with Crippen molar-refractivity contribution < 1.29 is 28.9 Å². The minimum atomic E-state index is -0.864. The first-order valence-corrected chi connectivity index (χ1v) is 11.2. The Kier molecular flexibility index (Phi) is 8.78. The molecule has 2 aromatic rings. The SMILES string of the molecule is COCc1c2c(c(C(=O)NCCCC(O)CO)[nH]c1=O)CCN(Cc1ccc(F)c(Cl)c1)C2=O. The standard InChI is InChI=1S/C23H27ClFN3O6/c1-34-12-16-19-15(20(27-21(16)31)22(32)26-7-2-3-14(30)11-29)6-8-28(23(19)33)10-13-4-5-18(25)17(24)9-13/h4-5,9,14,29-30H,2-3,6-8,10-12H2,1H3,(H,26,32)(H,27,31). The molecule has 2 heterocycles. The summed E-state index contributed by atoms with van der Waals surface area (Å²) in [5.74, 6) is -1.53. The Morgan fingerprint density at radius 1 is 1.38 bits per heavy atom. The molecule has 0 bridgehead atoms. The van der Waals surface area contributed by atoms with Crippen molar-refractivity contribution in [3.05, 3.63) is 67.3 Å². The van der Waals surface area contributed by atoms with E-state index in [1.807, 2.05) is 0 Å². The van der Waals surface area contributed by atoms with Gasteiger partial charge in [0.15, 0.2) is 0 Å². The van der Waals surface area contributed by atoms with Crippen LogP contribution in [0.2, 0.25) is 5.02 Å². The Bertz CT molecular complexity index is 1120. The van der Waals surface area contributed by atoms with E-state index in [2.05, 4.69) is 10.3 Å². The summed E-state index contributed by atoms with van der Waals surface area (Å²) in [6.45, 7) is 0.186. The Labute approximate surface area is 200 Å². The molecule has 4 N–H and O–H groups in total. The lowest BCUT2D eigenvalue weighted by Gasteiger charge is -2.31. The van der Waals surface area contributed by atoms with E-state index in [4.69, 9.17) is 21.4 Å². The number of aliphatic hydroxyl groups excluding tert-OH is 2. The monoisotopic (exact) mass is 495 g/mol. The Balaban J connectivity index is 1.87. The first-order valence-electron chi connectivity index (χ1n) is 10.8. The van der Waals surface area contributed by atoms with Gasteiger partial charge in [-0.3, -0.25) is 14.4 Å². The smallest absolute Gasteiger partial charge is 0.268 e. The van der Waals surface area contributed by atoms with Gasteiger partial charge in [-0.05, 0) is 42.5 Å². The average molecular weight is 496 g/mol. The molecule has 0 radical (unpaired) electrons. The molecule has 0 spiro atoms. The van der Waals surface area contributed by atoms with Gasteiger partial charge in [-0.15, -0.1) is 0 Å². The highest BCUT2D eigenvalue weighted by atomic mass is 35.5. The van der Waals surface area contributed by atoms with E-state index >= 15 is 0 Å². The molecule has 1 unspecified atom stereocenters. The van der Waals surface area contributed by atoms with Crippen LogP contribution in [-0.4, -0.2) is 64.8 Å². The summed E-state index contributed by atoms with van der Waals surface area (Å²) < 4.78 is 18.6. The van der Waals surface area contributed by atoms with Crippen molar-refractivity contribution in [3.8, 4) is 0 Å². The maximum atomic E-state index is 13.5. The van der Waals surface area contributed by atoms with Crippen molar-refractivity contribution in [2.24, 2.45) is 0 Å². The molecule has 1 aliphatic rings. The van der Waals surface area contributed by atoms with Gasteiger partial charge in [0.25, 0.3) is 17.4 Å². The first kappa shape index (κ1) is 25.8. The number of H-pyrrole nitrogens is 1. The summed E-state index contributed by atoms with van der Waals surface area (Å²) in [4.78, 5) is 43.0. The number of ether oxygens (including phenoxy) is 1. The topological polar surface area (TPSA) is 132 Å². The highest BCUT2D eigenvalue weighted by molar-refractivity contribution is 6.30. The number of fused-ring (bicyclic) bond motifs is 1. The molecule has 11 heteroatoms. The van der Waals surface area contributed by atoms with Crippen molar-refractivity contribution in [1.29, 1.82) is 0 Å². The minimum Gasteiger partial charge on any atom is -0.394 e. The number of amides is 2. The molecular formula is C23H27ClFN3O6. The zero-order valence-corrected chi connectivity index (χ0v) is 19.5. The number of aromatic nitrogens is 1. The lowest BCUT2D eigenvalue weighted by molar-refractivity contribution is 0.0719. The number of pyridine rings is 1. The molecule has 0 aliphatic carbocycles. The van der Waals surface area contributed by atoms with Crippen molar-refractivity contribution in [2.75, 3.05) is 26.8 Å². The van der Waals surface area contributed by atoms with E-state index in [0.29, 0.717) is 30.4 Å². The van der Waals surface area contributed by atoms with Crippen LogP contribution >= 0.6 is 11.6 Å². The molecule has 184 valence electrons. The Morgan fingerprint density at radius 2 is 2.15 bits per heavy atom. The predicted octanol–water partition coefficient (Wildman–Crippen LogP) is 1.38. The van der Waals surface area contributed by atoms with Crippen LogP contribution in [0.4, 0.5) is 4.39 Å². The third-order valence-electron chi connectivity index (χ3n) is 5.63. The second-order valence-electron chi connectivity index (χ2n) is 8.05. The molecular weight excluding hydrogens is 469 g/mol. The number of rotatable bonds is 10. The van der Waals surface area contributed by atoms with Gasteiger partial charge >= 0.3 is 0 Å². The number of carbonyl (C=O) groups excluding carboxylic acids is 2. The first-order chi connectivity index (χ1) is 16.3. The van der Waals surface area contributed by atoms with Crippen LogP contribution in [0.3, 0.4) is 0 Å². The van der Waals surface area contributed by atoms with Gasteiger partial charge in [-0.2, -0.15) is 0 Å². The van der Waals surface area contributed by atoms with Crippen LogP contribution in [0.15, 0.2) is 23.0 Å². The number of halogens is 2. The van der Waals surface area contributed by atoms with E-state index in [-0.39, 0.29) is 54.7 Å². The van der Waals surface area contributed by atoms with Crippen molar-refractivity contribution in [1.82, 2.24) is 15.2 Å². The predicted molar refractivity (Wildman–Crippen MR) is 122 cm³/mol. The fourth-order valence-corrected chi connectivity index (χ4v) is 4.11. The second-order valence-corrected chi connectivity index (χ2v) is 8.46. The third kappa shape index (κ3) is 5.82. The highest BCUT2D eigenvalue weighted by Gasteiger charge is 2.32. The lowest BCUT2D eigenvalue weighted by atomic mass is 9.93. The number of aromatic amines is 1. The van der Waals surface area contributed by atoms with E-state index in [1.54, 1.807) is 0 Å². The van der Waals surface area contributed by atoms with Crippen molar-refractivity contribution >= 4 is 23.4 Å². The number of methoxy groups -OCH3 is 1. The van der Waals surface area contributed by atoms with Crippen LogP contribution in [-0.2, 0) is 24.3 Å². The van der Waals surface area contributed by atoms with Crippen LogP contribution in [0, 0.1) is 5.82 Å². The lowest BCUT2D eigenvalue weighted by Crippen LogP contribution is -2.42. The normalized spacial score (nSPS) is 14.1. The fourth-order valence-electron chi connectivity index (χ4n) is 3.90. The van der Waals surface area contributed by atoms with Crippen LogP contribution in [0.25, 0.3) is 0 Å².